The van der Waals surface area contributed by atoms with E-state index in [1.807, 2.05) is 60.7 Å². The van der Waals surface area contributed by atoms with Gasteiger partial charge >= 0.3 is 0 Å². The Kier molecular flexibility index (Phi) is 13.2. The molecule has 0 N–H and O–H groups in total. The molecule has 10 nitrogen and oxygen atoms in total. The van der Waals surface area contributed by atoms with Crippen molar-refractivity contribution in [1.82, 2.24) is 0 Å². The Morgan fingerprint density at radius 2 is 0.400 bits per heavy atom. The van der Waals surface area contributed by atoms with E-state index in [0.717, 1.165) is 55.3 Å². The van der Waals surface area contributed by atoms with Gasteiger partial charge in [0, 0.05) is 56.9 Å². The maximum atomic E-state index is 6.27. The molecule has 55 heavy (non-hydrogen) atoms. The van der Waals surface area contributed by atoms with E-state index in [1.54, 1.807) is 71.1 Å². The second kappa shape index (κ2) is 18.0. The van der Waals surface area contributed by atoms with E-state index in [0.29, 0.717) is 28.7 Å². The Morgan fingerprint density at radius 1 is 0.236 bits per heavy atom. The van der Waals surface area contributed by atoms with Gasteiger partial charge in [-0.3, -0.25) is 0 Å². The lowest BCUT2D eigenvalue weighted by Crippen LogP contribution is -1.89. The molecule has 0 amide bonds. The van der Waals surface area contributed by atoms with Gasteiger partial charge in [-0.2, -0.15) is 0 Å². The van der Waals surface area contributed by atoms with Crippen molar-refractivity contribution in [1.29, 1.82) is 0 Å². The maximum Gasteiger partial charge on any atom is 0.134 e. The standard InChI is InChI=1S/C40H45O10P5/c1-41-26-11-16-36(31(21-26)46-6)51-52(37-17-12-27(42-2)22-32(37)47-7)54(39-19-14-29(44-4)24-34(39)49-9)55(40-20-15-30(45-5)25-35(40)50-10)53(51)38-18-13-28(43-3)23-33(38)48-8/h11-25H,1-10H3. The third-order valence-corrected chi connectivity index (χ3v) is 49.0. The van der Waals surface area contributed by atoms with Crippen molar-refractivity contribution in [3.63, 3.8) is 0 Å². The van der Waals surface area contributed by atoms with Crippen LogP contribution in [0.5, 0.6) is 57.5 Å². The largest absolute Gasteiger partial charge is 0.497 e. The number of hydrogen-bond acceptors (Lipinski definition) is 10. The van der Waals surface area contributed by atoms with Gasteiger partial charge in [0.1, 0.15) is 57.5 Å². The lowest BCUT2D eigenvalue weighted by atomic mass is 10.3. The monoisotopic (exact) mass is 840 g/mol. The van der Waals surface area contributed by atoms with Crippen LogP contribution in [0.2, 0.25) is 0 Å². The van der Waals surface area contributed by atoms with Gasteiger partial charge in [-0.1, -0.05) is 0 Å². The molecule has 15 heteroatoms. The minimum absolute atomic E-state index is 0.714. The van der Waals surface area contributed by atoms with Crippen LogP contribution >= 0.6 is 34.4 Å². The van der Waals surface area contributed by atoms with Crippen molar-refractivity contribution in [2.75, 3.05) is 71.1 Å². The first-order chi connectivity index (χ1) is 26.8. The van der Waals surface area contributed by atoms with Crippen molar-refractivity contribution >= 4 is 34.4 Å². The van der Waals surface area contributed by atoms with Gasteiger partial charge in [0.2, 0.25) is 0 Å². The molecule has 6 rings (SSSR count). The first kappa shape index (κ1) is 40.3. The Hall–Kier alpha value is -4.40. The molecular weight excluding hydrogens is 795 g/mol. The van der Waals surface area contributed by atoms with E-state index < -0.39 is 34.4 Å². The minimum atomic E-state index is -1.13. The molecule has 1 aromatic heterocycles. The summed E-state index contributed by atoms with van der Waals surface area (Å²) in [4.78, 5) is 0. The summed E-state index contributed by atoms with van der Waals surface area (Å²) in [6, 6.07) is 31.0. The minimum Gasteiger partial charge on any atom is -0.497 e. The summed E-state index contributed by atoms with van der Waals surface area (Å²) in [7, 11) is 17.0. The molecule has 0 radical (unpaired) electrons. The molecule has 0 spiro atoms. The highest BCUT2D eigenvalue weighted by molar-refractivity contribution is 8.78. The normalized spacial score (nSPS) is 12.4. The fraction of sp³-hybridized carbons (Fsp3) is 0.250. The highest BCUT2D eigenvalue weighted by Gasteiger charge is 2.34. The molecule has 0 fully saturated rings. The highest BCUT2D eigenvalue weighted by Crippen LogP contribution is 2.99. The first-order valence-electron chi connectivity index (χ1n) is 16.9. The number of methoxy groups -OCH3 is 10. The molecule has 290 valence electrons. The van der Waals surface area contributed by atoms with E-state index in [4.69, 9.17) is 47.4 Å². The van der Waals surface area contributed by atoms with Crippen LogP contribution < -0.4 is 47.4 Å². The number of benzene rings is 5. The van der Waals surface area contributed by atoms with Crippen molar-refractivity contribution < 1.29 is 47.4 Å². The lowest BCUT2D eigenvalue weighted by Gasteiger charge is -2.19. The highest BCUT2D eigenvalue weighted by atomic mass is 32.7. The summed E-state index contributed by atoms with van der Waals surface area (Å²) in [5.74, 6) is 7.39. The van der Waals surface area contributed by atoms with Crippen LogP contribution in [0.25, 0.3) is 26.5 Å². The van der Waals surface area contributed by atoms with Gasteiger partial charge in [0.25, 0.3) is 0 Å². The molecule has 1 heterocycles. The van der Waals surface area contributed by atoms with E-state index in [9.17, 15) is 0 Å². The molecule has 6 aromatic rings. The first-order valence-corrected chi connectivity index (χ1v) is 27.2. The predicted molar refractivity (Wildman–Crippen MR) is 230 cm³/mol. The zero-order valence-corrected chi connectivity index (χ0v) is 37.0. The topological polar surface area (TPSA) is 92.3 Å². The van der Waals surface area contributed by atoms with Gasteiger partial charge < -0.3 is 47.4 Å². The molecule has 5 aromatic carbocycles. The van der Waals surface area contributed by atoms with E-state index in [-0.39, 0.29) is 0 Å². The van der Waals surface area contributed by atoms with Crippen LogP contribution in [0.1, 0.15) is 0 Å². The summed E-state index contributed by atoms with van der Waals surface area (Å²) >= 11 is 0. The van der Waals surface area contributed by atoms with Crippen molar-refractivity contribution in [3.05, 3.63) is 91.0 Å². The van der Waals surface area contributed by atoms with Crippen LogP contribution in [0.4, 0.5) is 0 Å². The van der Waals surface area contributed by atoms with Crippen LogP contribution in [0.3, 0.4) is 0 Å². The number of ether oxygens (including phenoxy) is 10. The maximum absolute atomic E-state index is 6.27. The fourth-order valence-corrected chi connectivity index (χ4v) is 71.3. The molecule has 0 atom stereocenters. The van der Waals surface area contributed by atoms with Gasteiger partial charge in [0.15, 0.2) is 0 Å². The van der Waals surface area contributed by atoms with E-state index in [2.05, 4.69) is 30.3 Å². The number of rotatable bonds is 15. The Labute approximate surface area is 326 Å². The third-order valence-electron chi connectivity index (χ3n) is 8.91. The van der Waals surface area contributed by atoms with Crippen molar-refractivity contribution in [2.24, 2.45) is 0 Å². The smallest absolute Gasteiger partial charge is 0.134 e. The molecular formula is C40H45O10P5. The Bertz CT molecular complexity index is 1940. The summed E-state index contributed by atoms with van der Waals surface area (Å²) in [6.07, 6.45) is 0. The molecule has 0 unspecified atom stereocenters. The quantitative estimate of drug-likeness (QED) is 0.0995. The van der Waals surface area contributed by atoms with Gasteiger partial charge in [-0.25, -0.2) is 0 Å². The zero-order chi connectivity index (χ0) is 39.2. The van der Waals surface area contributed by atoms with Crippen molar-refractivity contribution in [2.45, 2.75) is 0 Å². The predicted octanol–water partition coefficient (Wildman–Crippen LogP) is 12.8. The van der Waals surface area contributed by atoms with Crippen LogP contribution in [0, 0.1) is 0 Å². The van der Waals surface area contributed by atoms with E-state index >= 15 is 0 Å². The van der Waals surface area contributed by atoms with Gasteiger partial charge in [0.05, 0.1) is 71.1 Å². The molecule has 0 bridgehead atoms. The molecule has 0 aliphatic heterocycles. The van der Waals surface area contributed by atoms with Crippen LogP contribution in [-0.4, -0.2) is 71.1 Å². The van der Waals surface area contributed by atoms with Crippen LogP contribution in [0.15, 0.2) is 91.0 Å². The molecule has 0 aliphatic carbocycles. The summed E-state index contributed by atoms with van der Waals surface area (Å²) in [5.41, 5.74) is 0. The van der Waals surface area contributed by atoms with E-state index in [1.165, 1.54) is 0 Å². The Balaban J connectivity index is 1.99. The average molecular weight is 841 g/mol. The average Bonchev–Trinajstić information content (AvgIpc) is 3.59. The Morgan fingerprint density at radius 3 is 0.527 bits per heavy atom. The van der Waals surface area contributed by atoms with Crippen molar-refractivity contribution in [3.8, 4) is 84.0 Å². The second-order valence-corrected chi connectivity index (χ2v) is 33.7. The summed E-state index contributed by atoms with van der Waals surface area (Å²) in [6.45, 7) is -5.64. The fourth-order valence-electron chi connectivity index (χ4n) is 6.17. The SMILES string of the molecule is COc1ccc(-p2p(-c3ccc(OC)cc3OC)p(-c3ccc(OC)cc3OC)p(-c3ccc(OC)cc3OC)p2-c2ccc(OC)cc2OC)c(OC)c1. The molecule has 0 saturated heterocycles. The third kappa shape index (κ3) is 7.73. The summed E-state index contributed by atoms with van der Waals surface area (Å²) < 4.78 is 60.0. The second-order valence-electron chi connectivity index (χ2n) is 11.6. The number of hydrogen-bond donors (Lipinski definition) is 0. The molecule has 0 aliphatic rings. The van der Waals surface area contributed by atoms with Gasteiger partial charge in [-0.05, 0) is 95.1 Å². The zero-order valence-electron chi connectivity index (χ0n) is 32.5. The van der Waals surface area contributed by atoms with Crippen LogP contribution in [-0.2, 0) is 0 Å². The summed E-state index contributed by atoms with van der Waals surface area (Å²) in [5, 5.41) is 5.64. The van der Waals surface area contributed by atoms with Gasteiger partial charge in [-0.15, -0.1) is 0 Å². The lowest BCUT2D eigenvalue weighted by molar-refractivity contribution is 0.396. The molecule has 0 saturated carbocycles.